The summed E-state index contributed by atoms with van der Waals surface area (Å²) in [6, 6.07) is 13.3. The molecule has 0 fully saturated rings. The third kappa shape index (κ3) is 5.72. The Morgan fingerprint density at radius 1 is 1.12 bits per heavy atom. The van der Waals surface area contributed by atoms with Gasteiger partial charge in [0.2, 0.25) is 11.8 Å². The fourth-order valence-electron chi connectivity index (χ4n) is 2.66. The van der Waals surface area contributed by atoms with E-state index in [9.17, 15) is 9.59 Å². The Bertz CT molecular complexity index is 769. The lowest BCUT2D eigenvalue weighted by Gasteiger charge is -2.16. The van der Waals surface area contributed by atoms with E-state index < -0.39 is 5.91 Å². The van der Waals surface area contributed by atoms with Crippen LogP contribution in [0.15, 0.2) is 42.5 Å². The first-order valence-corrected chi connectivity index (χ1v) is 8.28. The second-order valence-electron chi connectivity index (χ2n) is 6.51. The maximum Gasteiger partial charge on any atom is 0.248 e. The number of nitrogens with one attached hydrogen (secondary N) is 1. The van der Waals surface area contributed by atoms with Gasteiger partial charge in [-0.25, -0.2) is 0 Å². The van der Waals surface area contributed by atoms with E-state index in [1.165, 1.54) is 5.56 Å². The molecule has 0 aliphatic carbocycles. The highest BCUT2D eigenvalue weighted by atomic mass is 16.2. The van der Waals surface area contributed by atoms with Gasteiger partial charge >= 0.3 is 0 Å². The Morgan fingerprint density at radius 2 is 1.88 bits per heavy atom. The smallest absolute Gasteiger partial charge is 0.248 e. The normalized spacial score (nSPS) is 10.7. The Kier molecular flexibility index (Phi) is 6.31. The van der Waals surface area contributed by atoms with Crippen LogP contribution in [0.4, 0.5) is 5.69 Å². The molecule has 0 saturated carbocycles. The van der Waals surface area contributed by atoms with Gasteiger partial charge in [-0.3, -0.25) is 9.59 Å². The summed E-state index contributed by atoms with van der Waals surface area (Å²) in [7, 11) is 3.90. The van der Waals surface area contributed by atoms with E-state index >= 15 is 0 Å². The molecule has 2 aromatic rings. The molecule has 0 atom stereocenters. The minimum Gasteiger partial charge on any atom is -0.366 e. The van der Waals surface area contributed by atoms with Crippen LogP contribution in [0.3, 0.4) is 0 Å². The molecule has 0 unspecified atom stereocenters. The third-order valence-corrected chi connectivity index (χ3v) is 3.88. The number of carbonyl (C=O) groups is 2. The monoisotopic (exact) mass is 339 g/mol. The van der Waals surface area contributed by atoms with Gasteiger partial charge in [-0.2, -0.15) is 0 Å². The Balaban J connectivity index is 2.09. The zero-order chi connectivity index (χ0) is 18.4. The molecule has 3 N–H and O–H groups in total. The molecule has 2 amide bonds. The van der Waals surface area contributed by atoms with Crippen molar-refractivity contribution in [2.45, 2.75) is 26.3 Å². The number of hydrogen-bond acceptors (Lipinski definition) is 3. The van der Waals surface area contributed by atoms with Crippen LogP contribution in [0.2, 0.25) is 0 Å². The summed E-state index contributed by atoms with van der Waals surface area (Å²) in [6.45, 7) is 2.69. The van der Waals surface area contributed by atoms with Crippen molar-refractivity contribution in [3.05, 3.63) is 64.7 Å². The lowest BCUT2D eigenvalue weighted by molar-refractivity contribution is -0.116. The molecule has 25 heavy (non-hydrogen) atoms. The first-order valence-electron chi connectivity index (χ1n) is 8.28. The molecule has 0 spiro atoms. The predicted octanol–water partition coefficient (Wildman–Crippen LogP) is 2.73. The second kappa shape index (κ2) is 8.44. The third-order valence-electron chi connectivity index (χ3n) is 3.88. The summed E-state index contributed by atoms with van der Waals surface area (Å²) in [5.41, 5.74) is 9.63. The number of hydrogen-bond donors (Lipinski definition) is 2. The van der Waals surface area contributed by atoms with Crippen LogP contribution in [0.1, 0.15) is 33.5 Å². The van der Waals surface area contributed by atoms with Crippen LogP contribution < -0.4 is 11.1 Å². The van der Waals surface area contributed by atoms with E-state index in [1.807, 2.05) is 50.2 Å². The number of benzene rings is 2. The number of primary amides is 1. The van der Waals surface area contributed by atoms with Crippen molar-refractivity contribution >= 4 is 17.5 Å². The number of carbonyl (C=O) groups excluding carboxylic acids is 2. The van der Waals surface area contributed by atoms with Gasteiger partial charge in [-0.05, 0) is 50.7 Å². The molecule has 0 aliphatic heterocycles. The van der Waals surface area contributed by atoms with Crippen LogP contribution in [-0.2, 0) is 17.8 Å². The van der Waals surface area contributed by atoms with Crippen molar-refractivity contribution in [2.75, 3.05) is 19.4 Å². The molecule has 0 saturated heterocycles. The summed E-state index contributed by atoms with van der Waals surface area (Å²) >= 11 is 0. The lowest BCUT2D eigenvalue weighted by atomic mass is 10.1. The van der Waals surface area contributed by atoms with Gasteiger partial charge in [0.05, 0.1) is 0 Å². The van der Waals surface area contributed by atoms with E-state index in [2.05, 4.69) is 11.4 Å². The van der Waals surface area contributed by atoms with Gasteiger partial charge in [-0.15, -0.1) is 0 Å². The minimum absolute atomic E-state index is 0.0804. The topological polar surface area (TPSA) is 75.4 Å². The zero-order valence-corrected chi connectivity index (χ0v) is 15.0. The van der Waals surface area contributed by atoms with Crippen LogP contribution in [0.25, 0.3) is 0 Å². The molecule has 0 bridgehead atoms. The Labute approximate surface area is 148 Å². The Hall–Kier alpha value is -2.66. The van der Waals surface area contributed by atoms with Crippen molar-refractivity contribution in [1.82, 2.24) is 4.90 Å². The largest absolute Gasteiger partial charge is 0.366 e. The van der Waals surface area contributed by atoms with Gasteiger partial charge < -0.3 is 16.0 Å². The van der Waals surface area contributed by atoms with Crippen molar-refractivity contribution < 1.29 is 9.59 Å². The van der Waals surface area contributed by atoms with Gasteiger partial charge in [0, 0.05) is 24.2 Å². The highest BCUT2D eigenvalue weighted by Gasteiger charge is 2.11. The molecule has 5 nitrogen and oxygen atoms in total. The van der Waals surface area contributed by atoms with E-state index in [0.29, 0.717) is 30.6 Å². The average Bonchev–Trinajstić information content (AvgIpc) is 2.54. The number of amides is 2. The summed E-state index contributed by atoms with van der Waals surface area (Å²) in [5, 5.41) is 2.92. The van der Waals surface area contributed by atoms with Crippen molar-refractivity contribution in [2.24, 2.45) is 5.73 Å². The second-order valence-corrected chi connectivity index (χ2v) is 6.51. The van der Waals surface area contributed by atoms with E-state index in [0.717, 1.165) is 11.1 Å². The van der Waals surface area contributed by atoms with Gasteiger partial charge in [0.1, 0.15) is 0 Å². The molecule has 2 aromatic carbocycles. The Morgan fingerprint density at radius 3 is 2.52 bits per heavy atom. The molecule has 132 valence electrons. The molecule has 5 heteroatoms. The van der Waals surface area contributed by atoms with E-state index in [-0.39, 0.29) is 5.91 Å². The molecule has 0 heterocycles. The van der Waals surface area contributed by atoms with Crippen molar-refractivity contribution in [3.8, 4) is 0 Å². The number of rotatable bonds is 7. The summed E-state index contributed by atoms with van der Waals surface area (Å²) < 4.78 is 0. The highest BCUT2D eigenvalue weighted by Crippen LogP contribution is 2.20. The molecular formula is C20H25N3O2. The van der Waals surface area contributed by atoms with E-state index in [4.69, 9.17) is 5.73 Å². The van der Waals surface area contributed by atoms with E-state index in [1.54, 1.807) is 12.1 Å². The number of nitrogens with zero attached hydrogens (tertiary/aromatic N) is 1. The average molecular weight is 339 g/mol. The van der Waals surface area contributed by atoms with Gasteiger partial charge in [0.15, 0.2) is 0 Å². The first kappa shape index (κ1) is 18.7. The molecule has 0 aromatic heterocycles. The quantitative estimate of drug-likeness (QED) is 0.814. The van der Waals surface area contributed by atoms with Crippen LogP contribution >= 0.6 is 0 Å². The summed E-state index contributed by atoms with van der Waals surface area (Å²) in [6.07, 6.45) is 1.05. The maximum atomic E-state index is 12.3. The number of aryl methyl sites for hydroxylation is 2. The highest BCUT2D eigenvalue weighted by molar-refractivity contribution is 5.97. The first-order chi connectivity index (χ1) is 11.8. The maximum absolute atomic E-state index is 12.3. The van der Waals surface area contributed by atoms with Crippen LogP contribution in [-0.4, -0.2) is 30.8 Å². The standard InChI is InChI=1S/C20H25N3O2/c1-14-5-4-6-15(11-14)7-10-19(24)22-18-12-16(20(21)25)8-9-17(18)13-23(2)3/h4-6,8-9,11-12H,7,10,13H2,1-3H3,(H2,21,25)(H,22,24). The number of anilines is 1. The summed E-state index contributed by atoms with van der Waals surface area (Å²) in [5.74, 6) is -0.588. The molecular weight excluding hydrogens is 314 g/mol. The van der Waals surface area contributed by atoms with Crippen LogP contribution in [0.5, 0.6) is 0 Å². The molecule has 0 aliphatic rings. The fraction of sp³-hybridized carbons (Fsp3) is 0.300. The summed E-state index contributed by atoms with van der Waals surface area (Å²) in [4.78, 5) is 25.8. The fourth-order valence-corrected chi connectivity index (χ4v) is 2.66. The van der Waals surface area contributed by atoms with Crippen LogP contribution in [0, 0.1) is 6.92 Å². The molecule has 2 rings (SSSR count). The molecule has 0 radical (unpaired) electrons. The minimum atomic E-state index is -0.508. The SMILES string of the molecule is Cc1cccc(CCC(=O)Nc2cc(C(N)=O)ccc2CN(C)C)c1. The van der Waals surface area contributed by atoms with Crippen molar-refractivity contribution in [1.29, 1.82) is 0 Å². The number of nitrogens with two attached hydrogens (primary N) is 1. The van der Waals surface area contributed by atoms with Crippen molar-refractivity contribution in [3.63, 3.8) is 0 Å². The van der Waals surface area contributed by atoms with Gasteiger partial charge in [0.25, 0.3) is 0 Å². The predicted molar refractivity (Wildman–Crippen MR) is 100 cm³/mol. The van der Waals surface area contributed by atoms with Gasteiger partial charge in [-0.1, -0.05) is 35.9 Å². The lowest BCUT2D eigenvalue weighted by Crippen LogP contribution is -2.18. The zero-order valence-electron chi connectivity index (χ0n) is 15.0.